The van der Waals surface area contributed by atoms with E-state index in [-0.39, 0.29) is 27.1 Å². The van der Waals surface area contributed by atoms with E-state index in [0.717, 1.165) is 17.9 Å². The number of rotatable bonds is 11. The molecule has 1 N–H and O–H groups in total. The molecule has 0 unspecified atom stereocenters. The lowest BCUT2D eigenvalue weighted by atomic mass is 10.1. The van der Waals surface area contributed by atoms with E-state index in [2.05, 4.69) is 25.4 Å². The highest BCUT2D eigenvalue weighted by Gasteiger charge is 2.36. The van der Waals surface area contributed by atoms with Crippen molar-refractivity contribution >= 4 is 48.4 Å². The van der Waals surface area contributed by atoms with Gasteiger partial charge in [-0.2, -0.15) is 9.97 Å². The molecule has 0 spiro atoms. The summed E-state index contributed by atoms with van der Waals surface area (Å²) in [4.78, 5) is 34.6. The number of carbonyl (C=O) groups is 1. The second-order valence-electron chi connectivity index (χ2n) is 9.26. The molecule has 1 aromatic carbocycles. The van der Waals surface area contributed by atoms with Gasteiger partial charge in [0, 0.05) is 18.5 Å². The number of thiazole rings is 1. The smallest absolute Gasteiger partial charge is 0.280 e. The van der Waals surface area contributed by atoms with Gasteiger partial charge >= 0.3 is 0 Å². The lowest BCUT2D eigenvalue weighted by Crippen LogP contribution is -2.25. The molecule has 1 aliphatic heterocycles. The predicted molar refractivity (Wildman–Crippen MR) is 141 cm³/mol. The molecule has 2 aromatic heterocycles. The van der Waals surface area contributed by atoms with E-state index in [9.17, 15) is 13.2 Å². The van der Waals surface area contributed by atoms with Gasteiger partial charge in [0.15, 0.2) is 37.3 Å². The number of anilines is 1. The number of carbonyl (C=O) groups excluding carboxylic acids is 1. The van der Waals surface area contributed by atoms with Crippen LogP contribution in [0, 0.1) is 0 Å². The van der Waals surface area contributed by atoms with Crippen molar-refractivity contribution in [1.82, 2.24) is 19.9 Å². The molecule has 5 rings (SSSR count). The standard InChI is InChI=1S/C24H28N6O6S2/c1-30(2)10-12-35-19-13-25-21-23(26-19)37-24(27-21)28-22(31)20(29-36-16-9-11-34-14-16)15-3-5-17(6-4-15)38(32,33)18-7-8-18/h3-6,13,16,18H,7-12,14H2,1-2H3,(H,25,27,28,31)/b29-20+/t16-/m1/s1. The number of fused-ring (bicyclic) bond motifs is 1. The first-order valence-corrected chi connectivity index (χ1v) is 14.5. The Morgan fingerprint density at radius 2 is 2.00 bits per heavy atom. The van der Waals surface area contributed by atoms with Gasteiger partial charge in [-0.05, 0) is 39.1 Å². The van der Waals surface area contributed by atoms with Gasteiger partial charge in [-0.25, -0.2) is 13.4 Å². The van der Waals surface area contributed by atoms with Crippen molar-refractivity contribution in [1.29, 1.82) is 0 Å². The Labute approximate surface area is 223 Å². The summed E-state index contributed by atoms with van der Waals surface area (Å²) in [6.07, 6.45) is 3.22. The van der Waals surface area contributed by atoms with E-state index in [1.807, 2.05) is 19.0 Å². The number of nitrogens with one attached hydrogen (secondary N) is 1. The fourth-order valence-corrected chi connectivity index (χ4v) is 6.08. The van der Waals surface area contributed by atoms with Crippen molar-refractivity contribution < 1.29 is 27.5 Å². The summed E-state index contributed by atoms with van der Waals surface area (Å²) in [7, 11) is 0.545. The third-order valence-electron chi connectivity index (χ3n) is 5.93. The molecular formula is C24H28N6O6S2. The molecule has 14 heteroatoms. The molecule has 0 radical (unpaired) electrons. The van der Waals surface area contributed by atoms with Crippen LogP contribution in [0.5, 0.6) is 5.88 Å². The third-order valence-corrected chi connectivity index (χ3v) is 9.06. The number of hydrogen-bond acceptors (Lipinski definition) is 12. The van der Waals surface area contributed by atoms with E-state index in [1.165, 1.54) is 18.3 Å². The van der Waals surface area contributed by atoms with Crippen molar-refractivity contribution in [3.8, 4) is 5.88 Å². The largest absolute Gasteiger partial charge is 0.475 e. The second-order valence-corrected chi connectivity index (χ2v) is 12.5. The van der Waals surface area contributed by atoms with Crippen LogP contribution in [0.2, 0.25) is 0 Å². The molecule has 12 nitrogen and oxygen atoms in total. The van der Waals surface area contributed by atoms with Crippen LogP contribution >= 0.6 is 11.3 Å². The molecule has 2 aliphatic rings. The second kappa shape index (κ2) is 11.3. The first kappa shape index (κ1) is 26.4. The highest BCUT2D eigenvalue weighted by Crippen LogP contribution is 2.33. The maximum atomic E-state index is 13.3. The third kappa shape index (κ3) is 6.26. The number of sulfone groups is 1. The average Bonchev–Trinajstić information content (AvgIpc) is 3.49. The van der Waals surface area contributed by atoms with Crippen LogP contribution in [-0.4, -0.2) is 91.7 Å². The first-order valence-electron chi connectivity index (χ1n) is 12.2. The van der Waals surface area contributed by atoms with E-state index in [0.29, 0.717) is 61.0 Å². The van der Waals surface area contributed by atoms with Crippen LogP contribution in [0.25, 0.3) is 10.5 Å². The van der Waals surface area contributed by atoms with Crippen LogP contribution in [0.3, 0.4) is 0 Å². The van der Waals surface area contributed by atoms with Gasteiger partial charge in [-0.15, -0.1) is 0 Å². The van der Waals surface area contributed by atoms with Gasteiger partial charge in [0.2, 0.25) is 5.88 Å². The zero-order valence-electron chi connectivity index (χ0n) is 21.0. The Hall–Kier alpha value is -3.20. The monoisotopic (exact) mass is 560 g/mol. The van der Waals surface area contributed by atoms with Gasteiger partial charge in [0.05, 0.1) is 29.6 Å². The SMILES string of the molecule is CN(C)CCOc1cnc2nc(NC(=O)/C(=N/O[C@@H]3CCOC3)c3ccc(S(=O)(=O)C4CC4)cc3)sc2n1. The lowest BCUT2D eigenvalue weighted by molar-refractivity contribution is -0.110. The van der Waals surface area contributed by atoms with Crippen LogP contribution < -0.4 is 10.1 Å². The molecule has 0 bridgehead atoms. The zero-order valence-corrected chi connectivity index (χ0v) is 22.6. The van der Waals surface area contributed by atoms with E-state index >= 15 is 0 Å². The molecule has 1 saturated heterocycles. The Balaban J connectivity index is 1.34. The van der Waals surface area contributed by atoms with Gasteiger partial charge < -0.3 is 19.2 Å². The molecule has 3 aromatic rings. The topological polar surface area (TPSA) is 145 Å². The van der Waals surface area contributed by atoms with Gasteiger partial charge in [0.1, 0.15) is 6.61 Å². The Morgan fingerprint density at radius 3 is 2.68 bits per heavy atom. The summed E-state index contributed by atoms with van der Waals surface area (Å²) in [5, 5.41) is 6.82. The number of amides is 1. The van der Waals surface area contributed by atoms with Gasteiger partial charge in [0.25, 0.3) is 5.91 Å². The molecule has 2 fully saturated rings. The fraction of sp³-hybridized carbons (Fsp3) is 0.458. The number of nitrogens with zero attached hydrogens (tertiary/aromatic N) is 5. The fourth-order valence-electron chi connectivity index (χ4n) is 3.64. The Kier molecular flexibility index (Phi) is 7.83. The number of benzene rings is 1. The van der Waals surface area contributed by atoms with Crippen molar-refractivity contribution in [2.75, 3.05) is 45.8 Å². The first-order chi connectivity index (χ1) is 18.3. The number of aromatic nitrogens is 3. The predicted octanol–water partition coefficient (Wildman–Crippen LogP) is 2.11. The summed E-state index contributed by atoms with van der Waals surface area (Å²) in [5.41, 5.74) is 0.767. The number of ether oxygens (including phenoxy) is 2. The molecule has 1 amide bonds. The van der Waals surface area contributed by atoms with Gasteiger partial charge in [-0.1, -0.05) is 28.6 Å². The lowest BCUT2D eigenvalue weighted by Gasteiger charge is -2.10. The minimum Gasteiger partial charge on any atom is -0.475 e. The average molecular weight is 561 g/mol. The summed E-state index contributed by atoms with van der Waals surface area (Å²) in [5.74, 6) is -0.195. The van der Waals surface area contributed by atoms with Crippen LogP contribution in [-0.2, 0) is 24.2 Å². The summed E-state index contributed by atoms with van der Waals surface area (Å²) < 4.78 is 36.1. The van der Waals surface area contributed by atoms with Crippen molar-refractivity contribution in [2.45, 2.75) is 35.5 Å². The molecule has 1 saturated carbocycles. The van der Waals surface area contributed by atoms with Crippen LogP contribution in [0.1, 0.15) is 24.8 Å². The molecule has 38 heavy (non-hydrogen) atoms. The maximum Gasteiger partial charge on any atom is 0.280 e. The van der Waals surface area contributed by atoms with E-state index < -0.39 is 15.7 Å². The quantitative estimate of drug-likeness (QED) is 0.273. The van der Waals surface area contributed by atoms with Gasteiger partial charge in [-0.3, -0.25) is 10.1 Å². The number of likely N-dealkylation sites (N-methyl/N-ethyl adjacent to an activating group) is 1. The number of oxime groups is 1. The molecule has 3 heterocycles. The van der Waals surface area contributed by atoms with E-state index in [4.69, 9.17) is 14.3 Å². The Morgan fingerprint density at radius 1 is 1.21 bits per heavy atom. The normalized spacial score (nSPS) is 18.2. The highest BCUT2D eigenvalue weighted by molar-refractivity contribution is 7.92. The molecule has 1 atom stereocenters. The van der Waals surface area contributed by atoms with Crippen molar-refractivity contribution in [2.24, 2.45) is 5.16 Å². The Bertz CT molecular complexity index is 1430. The van der Waals surface area contributed by atoms with Crippen LogP contribution in [0.4, 0.5) is 5.13 Å². The molecular weight excluding hydrogens is 532 g/mol. The minimum atomic E-state index is -3.35. The van der Waals surface area contributed by atoms with Crippen molar-refractivity contribution in [3.05, 3.63) is 36.0 Å². The maximum absolute atomic E-state index is 13.3. The zero-order chi connectivity index (χ0) is 26.7. The summed E-state index contributed by atoms with van der Waals surface area (Å²) >= 11 is 1.15. The molecule has 202 valence electrons. The highest BCUT2D eigenvalue weighted by atomic mass is 32.2. The minimum absolute atomic E-state index is 0.0137. The summed E-state index contributed by atoms with van der Waals surface area (Å²) in [6.45, 7) is 2.13. The van der Waals surface area contributed by atoms with Crippen molar-refractivity contribution in [3.63, 3.8) is 0 Å². The molecule has 1 aliphatic carbocycles. The number of hydrogen-bond donors (Lipinski definition) is 1. The summed E-state index contributed by atoms with van der Waals surface area (Å²) in [6, 6.07) is 6.10. The van der Waals surface area contributed by atoms with E-state index in [1.54, 1.807) is 12.1 Å². The van der Waals surface area contributed by atoms with Crippen LogP contribution in [0.15, 0.2) is 40.5 Å².